The molecule has 1 saturated heterocycles. The lowest BCUT2D eigenvalue weighted by molar-refractivity contribution is 0.0696. The van der Waals surface area contributed by atoms with Crippen molar-refractivity contribution in [3.05, 3.63) is 65.9 Å². The van der Waals surface area contributed by atoms with Gasteiger partial charge in [0.2, 0.25) is 0 Å². The van der Waals surface area contributed by atoms with Crippen molar-refractivity contribution in [3.8, 4) is 11.5 Å². The van der Waals surface area contributed by atoms with E-state index in [1.165, 1.54) is 0 Å². The number of aromatic nitrogens is 4. The molecule has 28 heavy (non-hydrogen) atoms. The summed E-state index contributed by atoms with van der Waals surface area (Å²) in [7, 11) is 0. The van der Waals surface area contributed by atoms with Gasteiger partial charge in [0.1, 0.15) is 5.69 Å². The Balaban J connectivity index is 1.44. The Morgan fingerprint density at radius 2 is 2.11 bits per heavy atom. The average Bonchev–Trinajstić information content (AvgIpc) is 3.23. The van der Waals surface area contributed by atoms with Crippen LogP contribution in [0.3, 0.4) is 0 Å². The zero-order chi connectivity index (χ0) is 19.3. The van der Waals surface area contributed by atoms with Crippen LogP contribution < -0.4 is 0 Å². The second-order valence-electron chi connectivity index (χ2n) is 7.24. The Bertz CT molecular complexity index is 941. The average molecular weight is 377 g/mol. The quantitative estimate of drug-likeness (QED) is 0.686. The summed E-state index contributed by atoms with van der Waals surface area (Å²) in [5.41, 5.74) is 3.17. The van der Waals surface area contributed by atoms with Crippen LogP contribution in [0.25, 0.3) is 11.5 Å². The lowest BCUT2D eigenvalue weighted by Gasteiger charge is -2.32. The molecule has 1 aliphatic rings. The molecule has 0 amide bonds. The zero-order valence-electron chi connectivity index (χ0n) is 15.6. The first kappa shape index (κ1) is 18.3. The Morgan fingerprint density at radius 3 is 2.93 bits per heavy atom. The number of imidazole rings is 1. The van der Waals surface area contributed by atoms with Crippen molar-refractivity contribution >= 4 is 5.97 Å². The van der Waals surface area contributed by atoms with E-state index in [0.29, 0.717) is 11.5 Å². The molecular weight excluding hydrogens is 354 g/mol. The van der Waals surface area contributed by atoms with Crippen molar-refractivity contribution in [2.24, 2.45) is 5.92 Å². The summed E-state index contributed by atoms with van der Waals surface area (Å²) >= 11 is 0. The van der Waals surface area contributed by atoms with E-state index in [-0.39, 0.29) is 0 Å². The van der Waals surface area contributed by atoms with Crippen molar-refractivity contribution in [2.75, 3.05) is 13.1 Å². The van der Waals surface area contributed by atoms with Gasteiger partial charge in [0.15, 0.2) is 5.82 Å². The molecule has 3 aromatic rings. The number of carbonyl (C=O) groups is 1. The maximum absolute atomic E-state index is 11.2. The lowest BCUT2D eigenvalue weighted by Crippen LogP contribution is -2.36. The summed E-state index contributed by atoms with van der Waals surface area (Å²) in [5, 5.41) is 9.19. The van der Waals surface area contributed by atoms with Gasteiger partial charge in [0.05, 0.1) is 11.3 Å². The third-order valence-corrected chi connectivity index (χ3v) is 5.16. The summed E-state index contributed by atoms with van der Waals surface area (Å²) in [5.74, 6) is 0.356. The fourth-order valence-electron chi connectivity index (χ4n) is 3.90. The number of aromatic carboxylic acids is 1. The number of piperidine rings is 1. The molecule has 0 radical (unpaired) electrons. The molecule has 0 bridgehead atoms. The first-order chi connectivity index (χ1) is 13.7. The van der Waals surface area contributed by atoms with Crippen LogP contribution in [0.5, 0.6) is 0 Å². The predicted molar refractivity (Wildman–Crippen MR) is 105 cm³/mol. The second kappa shape index (κ2) is 8.31. The van der Waals surface area contributed by atoms with Gasteiger partial charge in [-0.1, -0.05) is 12.1 Å². The van der Waals surface area contributed by atoms with Crippen molar-refractivity contribution < 1.29 is 9.90 Å². The van der Waals surface area contributed by atoms with E-state index < -0.39 is 5.97 Å². The molecule has 1 aliphatic heterocycles. The number of H-pyrrole nitrogens is 1. The maximum atomic E-state index is 11.2. The number of hydrogen-bond acceptors (Lipinski definition) is 5. The van der Waals surface area contributed by atoms with Gasteiger partial charge in [0, 0.05) is 37.9 Å². The van der Waals surface area contributed by atoms with Gasteiger partial charge in [0.25, 0.3) is 0 Å². The second-order valence-corrected chi connectivity index (χ2v) is 7.24. The third-order valence-electron chi connectivity index (χ3n) is 5.16. The van der Waals surface area contributed by atoms with Crippen LogP contribution in [0.15, 0.2) is 49.1 Å². The minimum atomic E-state index is -0.883. The number of hydrogen-bond donors (Lipinski definition) is 2. The van der Waals surface area contributed by atoms with Crippen LogP contribution in [-0.4, -0.2) is 49.0 Å². The smallest absolute Gasteiger partial charge is 0.335 e. The number of benzene rings is 1. The molecule has 1 aromatic carbocycles. The molecule has 0 unspecified atom stereocenters. The van der Waals surface area contributed by atoms with Crippen LogP contribution in [0.2, 0.25) is 0 Å². The molecular formula is C21H23N5O2. The topological polar surface area (TPSA) is 95.0 Å². The van der Waals surface area contributed by atoms with Gasteiger partial charge in [-0.15, -0.1) is 0 Å². The number of likely N-dealkylation sites (tertiary alicyclic amines) is 1. The molecule has 4 rings (SSSR count). The van der Waals surface area contributed by atoms with Crippen LogP contribution in [0.1, 0.15) is 34.5 Å². The van der Waals surface area contributed by atoms with Crippen LogP contribution in [0.4, 0.5) is 0 Å². The van der Waals surface area contributed by atoms with Gasteiger partial charge in [-0.25, -0.2) is 14.8 Å². The van der Waals surface area contributed by atoms with E-state index >= 15 is 0 Å². The highest BCUT2D eigenvalue weighted by Gasteiger charge is 2.23. The Morgan fingerprint density at radius 1 is 1.21 bits per heavy atom. The Labute approximate surface area is 163 Å². The van der Waals surface area contributed by atoms with Gasteiger partial charge < -0.3 is 10.1 Å². The van der Waals surface area contributed by atoms with Crippen molar-refractivity contribution in [1.82, 2.24) is 24.8 Å². The fourth-order valence-corrected chi connectivity index (χ4v) is 3.90. The number of aromatic amines is 1. The molecule has 7 nitrogen and oxygen atoms in total. The summed E-state index contributed by atoms with van der Waals surface area (Å²) in [6.07, 6.45) is 10.1. The van der Waals surface area contributed by atoms with E-state index in [1.807, 2.05) is 12.1 Å². The highest BCUT2D eigenvalue weighted by atomic mass is 16.4. The molecule has 0 aliphatic carbocycles. The number of rotatable bonds is 6. The Hall–Kier alpha value is -3.06. The van der Waals surface area contributed by atoms with E-state index in [9.17, 15) is 9.90 Å². The largest absolute Gasteiger partial charge is 0.478 e. The summed E-state index contributed by atoms with van der Waals surface area (Å²) in [6.45, 7) is 2.76. The third kappa shape index (κ3) is 4.26. The summed E-state index contributed by atoms with van der Waals surface area (Å²) < 4.78 is 0. The van der Waals surface area contributed by atoms with Gasteiger partial charge >= 0.3 is 5.97 Å². The Kier molecular flexibility index (Phi) is 5.43. The van der Waals surface area contributed by atoms with Crippen LogP contribution in [0, 0.1) is 5.92 Å². The van der Waals surface area contributed by atoms with E-state index in [4.69, 9.17) is 0 Å². The normalized spacial score (nSPS) is 17.5. The van der Waals surface area contributed by atoms with Crippen molar-refractivity contribution in [3.63, 3.8) is 0 Å². The standard InChI is InChI=1S/C21H23N5O2/c27-21(28)17-5-1-3-15(11-17)13-26-10-2-4-16(14-26)12-18-19(23-7-6-22-18)20-24-8-9-25-20/h1,3,5-9,11,16H,2,4,10,12-14H2,(H,24,25)(H,27,28)/t16-/m1/s1. The lowest BCUT2D eigenvalue weighted by atomic mass is 9.92. The first-order valence-corrected chi connectivity index (χ1v) is 9.53. The summed E-state index contributed by atoms with van der Waals surface area (Å²) in [6, 6.07) is 7.21. The highest BCUT2D eigenvalue weighted by Crippen LogP contribution is 2.25. The monoisotopic (exact) mass is 377 g/mol. The number of nitrogens with one attached hydrogen (secondary N) is 1. The predicted octanol–water partition coefficient (Wildman–Crippen LogP) is 3.02. The van der Waals surface area contributed by atoms with Crippen molar-refractivity contribution in [2.45, 2.75) is 25.8 Å². The van der Waals surface area contributed by atoms with Gasteiger partial charge in [-0.3, -0.25) is 9.88 Å². The minimum Gasteiger partial charge on any atom is -0.478 e. The molecule has 2 N–H and O–H groups in total. The molecule has 0 spiro atoms. The molecule has 144 valence electrons. The zero-order valence-corrected chi connectivity index (χ0v) is 15.6. The summed E-state index contributed by atoms with van der Waals surface area (Å²) in [4.78, 5) is 30.1. The first-order valence-electron chi connectivity index (χ1n) is 9.53. The number of carboxylic acids is 1. The molecule has 3 heterocycles. The molecule has 2 aromatic heterocycles. The number of carboxylic acid groups (broad SMARTS) is 1. The maximum Gasteiger partial charge on any atom is 0.335 e. The molecule has 1 fully saturated rings. The fraction of sp³-hybridized carbons (Fsp3) is 0.333. The molecule has 1 atom stereocenters. The number of nitrogens with zero attached hydrogens (tertiary/aromatic N) is 4. The molecule has 0 saturated carbocycles. The van der Waals surface area contributed by atoms with Crippen LogP contribution in [-0.2, 0) is 13.0 Å². The molecule has 7 heteroatoms. The minimum absolute atomic E-state index is 0.341. The van der Waals surface area contributed by atoms with E-state index in [1.54, 1.807) is 36.9 Å². The van der Waals surface area contributed by atoms with E-state index in [2.05, 4.69) is 24.8 Å². The van der Waals surface area contributed by atoms with Gasteiger partial charge in [-0.05, 0) is 49.4 Å². The van der Waals surface area contributed by atoms with E-state index in [0.717, 1.165) is 61.7 Å². The SMILES string of the molecule is O=C(O)c1cccc(CN2CCC[C@H](Cc3nccnc3-c3ncc[nH]3)C2)c1. The van der Waals surface area contributed by atoms with Crippen LogP contribution >= 0.6 is 0 Å². The highest BCUT2D eigenvalue weighted by molar-refractivity contribution is 5.87. The van der Waals surface area contributed by atoms with Gasteiger partial charge in [-0.2, -0.15) is 0 Å². The van der Waals surface area contributed by atoms with Crippen molar-refractivity contribution in [1.29, 1.82) is 0 Å².